The van der Waals surface area contributed by atoms with Crippen molar-refractivity contribution in [2.45, 2.75) is 44.3 Å². The standard InChI is InChI=1S/C22H22FNO5S.CH4/c1-28-19-8-14-15(9-20(19)29-2)18-10-22(30(25,26)27)5-3-4-12(22)6-16(18)21-17(14)7-13(23)11-24-21;/h7-9,11-12H,3-6,10H2,1-2H3,(H,25,26,27);1H4. The second kappa shape index (κ2) is 7.31. The Hall–Kier alpha value is -2.45. The molecule has 0 bridgehead atoms. The average molecular weight is 448 g/mol. The largest absolute Gasteiger partial charge is 0.493 e. The lowest BCUT2D eigenvalue weighted by Gasteiger charge is -2.38. The smallest absolute Gasteiger partial charge is 0.271 e. The van der Waals surface area contributed by atoms with Crippen LogP contribution in [0.3, 0.4) is 0 Å². The lowest BCUT2D eigenvalue weighted by atomic mass is 9.74. The minimum absolute atomic E-state index is 0. The molecule has 1 saturated carbocycles. The summed E-state index contributed by atoms with van der Waals surface area (Å²) in [6.45, 7) is 0. The number of nitrogens with zero attached hydrogens (tertiary/aromatic N) is 1. The van der Waals surface area contributed by atoms with E-state index in [0.29, 0.717) is 35.2 Å². The highest BCUT2D eigenvalue weighted by Gasteiger charge is 2.55. The predicted octanol–water partition coefficient (Wildman–Crippen LogP) is 4.71. The molecule has 31 heavy (non-hydrogen) atoms. The third-order valence-corrected chi connectivity index (χ3v) is 8.69. The molecule has 3 aromatic rings. The lowest BCUT2D eigenvalue weighted by molar-refractivity contribution is 0.340. The monoisotopic (exact) mass is 447 g/mol. The predicted molar refractivity (Wildman–Crippen MR) is 118 cm³/mol. The molecule has 1 aromatic heterocycles. The van der Waals surface area contributed by atoms with Gasteiger partial charge in [0.15, 0.2) is 11.5 Å². The average Bonchev–Trinajstić information content (AvgIpc) is 3.16. The molecule has 1 heterocycles. The molecule has 1 fully saturated rings. The summed E-state index contributed by atoms with van der Waals surface area (Å²) in [5.74, 6) is 0.370. The van der Waals surface area contributed by atoms with Gasteiger partial charge in [0.25, 0.3) is 10.1 Å². The molecular formula is C23H26FNO5S. The van der Waals surface area contributed by atoms with E-state index in [0.717, 1.165) is 34.7 Å². The summed E-state index contributed by atoms with van der Waals surface area (Å²) in [6.07, 6.45) is 3.77. The van der Waals surface area contributed by atoms with Crippen LogP contribution in [0.1, 0.15) is 37.8 Å². The Balaban J connectivity index is 0.00000231. The fourth-order valence-corrected chi connectivity index (χ4v) is 6.93. The number of methoxy groups -OCH3 is 2. The topological polar surface area (TPSA) is 85.7 Å². The Kier molecular flexibility index (Phi) is 5.13. The van der Waals surface area contributed by atoms with E-state index in [1.165, 1.54) is 26.5 Å². The molecular weight excluding hydrogens is 421 g/mol. The van der Waals surface area contributed by atoms with Crippen molar-refractivity contribution in [1.82, 2.24) is 4.98 Å². The number of hydrogen-bond acceptors (Lipinski definition) is 5. The number of hydrogen-bond donors (Lipinski definition) is 1. The van der Waals surface area contributed by atoms with Gasteiger partial charge in [0, 0.05) is 5.39 Å². The molecule has 2 atom stereocenters. The molecule has 0 aliphatic heterocycles. The first kappa shape index (κ1) is 21.8. The second-order valence-corrected chi connectivity index (χ2v) is 10.0. The number of pyridine rings is 1. The van der Waals surface area contributed by atoms with Crippen LogP contribution in [-0.2, 0) is 23.0 Å². The Labute approximate surface area is 181 Å². The fraction of sp³-hybridized carbons (Fsp3) is 0.435. The summed E-state index contributed by atoms with van der Waals surface area (Å²) < 4.78 is 59.1. The van der Waals surface area contributed by atoms with Gasteiger partial charge in [-0.15, -0.1) is 0 Å². The zero-order valence-corrected chi connectivity index (χ0v) is 17.6. The molecule has 0 radical (unpaired) electrons. The van der Waals surface area contributed by atoms with Crippen LogP contribution in [0.4, 0.5) is 4.39 Å². The molecule has 6 nitrogen and oxygen atoms in total. The normalized spacial score (nSPS) is 22.6. The summed E-state index contributed by atoms with van der Waals surface area (Å²) in [7, 11) is -1.20. The maximum Gasteiger partial charge on any atom is 0.271 e. The van der Waals surface area contributed by atoms with Crippen LogP contribution in [0.15, 0.2) is 24.4 Å². The van der Waals surface area contributed by atoms with Crippen molar-refractivity contribution in [1.29, 1.82) is 0 Å². The minimum Gasteiger partial charge on any atom is -0.493 e. The number of halogens is 1. The first-order chi connectivity index (χ1) is 14.3. The quantitative estimate of drug-likeness (QED) is 0.462. The van der Waals surface area contributed by atoms with E-state index in [1.807, 2.05) is 6.07 Å². The highest BCUT2D eigenvalue weighted by molar-refractivity contribution is 7.87. The van der Waals surface area contributed by atoms with Gasteiger partial charge in [0.1, 0.15) is 10.6 Å². The Bertz CT molecular complexity index is 1310. The molecule has 2 aliphatic carbocycles. The molecule has 8 heteroatoms. The summed E-state index contributed by atoms with van der Waals surface area (Å²) in [6, 6.07) is 5.04. The zero-order valence-electron chi connectivity index (χ0n) is 16.7. The van der Waals surface area contributed by atoms with Crippen molar-refractivity contribution in [3.05, 3.63) is 41.3 Å². The number of fused-ring (bicyclic) bond motifs is 7. The van der Waals surface area contributed by atoms with Gasteiger partial charge in [-0.05, 0) is 71.7 Å². The van der Waals surface area contributed by atoms with E-state index >= 15 is 0 Å². The van der Waals surface area contributed by atoms with Gasteiger partial charge < -0.3 is 9.47 Å². The van der Waals surface area contributed by atoms with E-state index < -0.39 is 20.7 Å². The summed E-state index contributed by atoms with van der Waals surface area (Å²) in [5.41, 5.74) is 2.42. The molecule has 166 valence electrons. The number of rotatable bonds is 3. The number of ether oxygens (including phenoxy) is 2. The molecule has 0 spiro atoms. The van der Waals surface area contributed by atoms with Crippen molar-refractivity contribution in [3.63, 3.8) is 0 Å². The van der Waals surface area contributed by atoms with Crippen LogP contribution in [0, 0.1) is 11.7 Å². The highest BCUT2D eigenvalue weighted by Crippen LogP contribution is 2.52. The zero-order chi connectivity index (χ0) is 21.3. The van der Waals surface area contributed by atoms with Gasteiger partial charge in [-0.2, -0.15) is 8.42 Å². The van der Waals surface area contributed by atoms with Crippen molar-refractivity contribution >= 4 is 31.8 Å². The van der Waals surface area contributed by atoms with Gasteiger partial charge in [0.05, 0.1) is 25.9 Å². The highest BCUT2D eigenvalue weighted by atomic mass is 32.2. The van der Waals surface area contributed by atoms with Gasteiger partial charge in [-0.1, -0.05) is 13.8 Å². The maximum atomic E-state index is 14.1. The lowest BCUT2D eigenvalue weighted by Crippen LogP contribution is -2.47. The number of benzene rings is 2. The Morgan fingerprint density at radius 2 is 1.77 bits per heavy atom. The Morgan fingerprint density at radius 1 is 1.10 bits per heavy atom. The van der Waals surface area contributed by atoms with Crippen molar-refractivity contribution in [3.8, 4) is 11.5 Å². The Morgan fingerprint density at radius 3 is 2.42 bits per heavy atom. The molecule has 2 aromatic carbocycles. The van der Waals surface area contributed by atoms with Gasteiger partial charge in [0.2, 0.25) is 0 Å². The first-order valence-electron chi connectivity index (χ1n) is 9.91. The third-order valence-electron chi connectivity index (χ3n) is 6.98. The molecule has 0 amide bonds. The summed E-state index contributed by atoms with van der Waals surface area (Å²) in [4.78, 5) is 4.38. The number of aromatic nitrogens is 1. The molecule has 1 N–H and O–H groups in total. The van der Waals surface area contributed by atoms with Gasteiger partial charge in [-0.3, -0.25) is 9.54 Å². The van der Waals surface area contributed by atoms with Crippen molar-refractivity contribution in [2.24, 2.45) is 5.92 Å². The second-order valence-electron chi connectivity index (χ2n) is 8.27. The molecule has 2 aliphatic rings. The van der Waals surface area contributed by atoms with Crippen molar-refractivity contribution < 1.29 is 26.8 Å². The summed E-state index contributed by atoms with van der Waals surface area (Å²) >= 11 is 0. The first-order valence-corrected chi connectivity index (χ1v) is 11.3. The van der Waals surface area contributed by atoms with Crippen molar-refractivity contribution in [2.75, 3.05) is 14.2 Å². The van der Waals surface area contributed by atoms with Crippen LogP contribution >= 0.6 is 0 Å². The van der Waals surface area contributed by atoms with E-state index in [1.54, 1.807) is 6.07 Å². The third kappa shape index (κ3) is 2.99. The van der Waals surface area contributed by atoms with E-state index in [2.05, 4.69) is 4.98 Å². The molecule has 2 unspecified atom stereocenters. The minimum atomic E-state index is -4.26. The molecule has 0 saturated heterocycles. The van der Waals surface area contributed by atoms with Crippen LogP contribution < -0.4 is 9.47 Å². The molecule has 5 rings (SSSR count). The van der Waals surface area contributed by atoms with Crippen LogP contribution in [0.5, 0.6) is 11.5 Å². The van der Waals surface area contributed by atoms with Crippen LogP contribution in [0.25, 0.3) is 21.7 Å². The maximum absolute atomic E-state index is 14.1. The SMILES string of the molecule is C.COc1cc2c3c(c4ncc(F)cc4c2cc1OC)CC1CCCC1(S(=O)(=O)O)C3. The van der Waals surface area contributed by atoms with Gasteiger partial charge >= 0.3 is 0 Å². The van der Waals surface area contributed by atoms with E-state index in [9.17, 15) is 17.4 Å². The van der Waals surface area contributed by atoms with Crippen LogP contribution in [0.2, 0.25) is 0 Å². The van der Waals surface area contributed by atoms with E-state index in [-0.39, 0.29) is 19.8 Å². The van der Waals surface area contributed by atoms with Crippen LogP contribution in [-0.4, -0.2) is 36.9 Å². The van der Waals surface area contributed by atoms with Gasteiger partial charge in [-0.25, -0.2) is 4.39 Å². The summed E-state index contributed by atoms with van der Waals surface area (Å²) in [5, 5.41) is 2.15. The van der Waals surface area contributed by atoms with E-state index in [4.69, 9.17) is 9.47 Å². The fourth-order valence-electron chi connectivity index (χ4n) is 5.58.